The molecule has 1 saturated carbocycles. The fourth-order valence-electron chi connectivity index (χ4n) is 5.88. The minimum atomic E-state index is -3.59. The van der Waals surface area contributed by atoms with E-state index in [4.69, 9.17) is 0 Å². The van der Waals surface area contributed by atoms with E-state index in [9.17, 15) is 17.6 Å². The number of nitrogens with zero attached hydrogens (tertiary/aromatic N) is 3. The quantitative estimate of drug-likeness (QED) is 0.564. The normalized spacial score (nSPS) is 20.0. The molecule has 1 saturated heterocycles. The van der Waals surface area contributed by atoms with Crippen LogP contribution in [0, 0.1) is 17.2 Å². The highest BCUT2D eigenvalue weighted by atomic mass is 32.2. The zero-order chi connectivity index (χ0) is 24.9. The number of piperidine rings is 1. The highest BCUT2D eigenvalue weighted by molar-refractivity contribution is 7.89. The molecule has 1 N–H and O–H groups in total. The number of sulfonamides is 1. The van der Waals surface area contributed by atoms with Crippen molar-refractivity contribution in [2.24, 2.45) is 11.3 Å². The van der Waals surface area contributed by atoms with Crippen LogP contribution in [-0.4, -0.2) is 53.7 Å². The van der Waals surface area contributed by atoms with Crippen molar-refractivity contribution in [1.82, 2.24) is 19.2 Å². The van der Waals surface area contributed by atoms with Crippen molar-refractivity contribution >= 4 is 15.9 Å². The third-order valence-electron chi connectivity index (χ3n) is 7.95. The maximum Gasteiger partial charge on any atom is 0.241 e. The number of aromatic nitrogens is 2. The Morgan fingerprint density at radius 1 is 1.17 bits per heavy atom. The molecule has 1 aromatic heterocycles. The van der Waals surface area contributed by atoms with Crippen LogP contribution in [0.5, 0.6) is 0 Å². The van der Waals surface area contributed by atoms with E-state index in [1.807, 2.05) is 23.6 Å². The van der Waals surface area contributed by atoms with Crippen molar-refractivity contribution < 1.29 is 17.6 Å². The van der Waals surface area contributed by atoms with Crippen LogP contribution in [0.2, 0.25) is 0 Å². The summed E-state index contributed by atoms with van der Waals surface area (Å²) in [6, 6.07) is 4.97. The van der Waals surface area contributed by atoms with Gasteiger partial charge >= 0.3 is 0 Å². The molecule has 2 fully saturated rings. The van der Waals surface area contributed by atoms with Crippen molar-refractivity contribution in [2.45, 2.75) is 70.9 Å². The molecule has 1 atom stereocenters. The molecule has 2 heterocycles. The Morgan fingerprint density at radius 3 is 2.46 bits per heavy atom. The lowest BCUT2D eigenvalue weighted by Gasteiger charge is -2.48. The standard InChI is InChI=1S/C26H37FN4O3S/c1-2-35(33,34)29-24(18-21-8-10-23(27)11-9-21)25(32)31-15-12-26(13-16-31,19-30-17-14-28-20-30)22-6-4-3-5-7-22/h8-11,14,17,20,22,24,29H,2-7,12-13,15-16,18-19H2,1H3/t24-/m1/s1. The van der Waals surface area contributed by atoms with Gasteiger partial charge in [0, 0.05) is 32.0 Å². The molecule has 192 valence electrons. The van der Waals surface area contributed by atoms with Crippen molar-refractivity contribution in [2.75, 3.05) is 18.8 Å². The first-order valence-corrected chi connectivity index (χ1v) is 14.4. The molecule has 1 amide bonds. The van der Waals surface area contributed by atoms with Gasteiger partial charge in [0.15, 0.2) is 0 Å². The molecule has 0 unspecified atom stereocenters. The van der Waals surface area contributed by atoms with E-state index in [1.165, 1.54) is 44.2 Å². The number of imidazole rings is 1. The van der Waals surface area contributed by atoms with E-state index in [0.29, 0.717) is 19.0 Å². The molecule has 9 heteroatoms. The summed E-state index contributed by atoms with van der Waals surface area (Å²) in [7, 11) is -3.59. The van der Waals surface area contributed by atoms with Gasteiger partial charge in [0.2, 0.25) is 15.9 Å². The van der Waals surface area contributed by atoms with Crippen LogP contribution >= 0.6 is 0 Å². The maximum absolute atomic E-state index is 13.6. The number of hydrogen-bond acceptors (Lipinski definition) is 4. The maximum atomic E-state index is 13.6. The van der Waals surface area contributed by atoms with E-state index >= 15 is 0 Å². The Bertz CT molecular complexity index is 1060. The fourth-order valence-corrected chi connectivity index (χ4v) is 6.67. The van der Waals surface area contributed by atoms with Crippen molar-refractivity contribution in [1.29, 1.82) is 0 Å². The van der Waals surface area contributed by atoms with Gasteiger partial charge in [-0.15, -0.1) is 0 Å². The van der Waals surface area contributed by atoms with E-state index in [-0.39, 0.29) is 29.3 Å². The van der Waals surface area contributed by atoms with Crippen LogP contribution in [-0.2, 0) is 27.8 Å². The summed E-state index contributed by atoms with van der Waals surface area (Å²) in [4.78, 5) is 19.6. The van der Waals surface area contributed by atoms with E-state index in [2.05, 4.69) is 14.3 Å². The van der Waals surface area contributed by atoms with Gasteiger partial charge in [-0.1, -0.05) is 31.4 Å². The summed E-state index contributed by atoms with van der Waals surface area (Å²) < 4.78 is 42.9. The monoisotopic (exact) mass is 504 g/mol. The van der Waals surface area contributed by atoms with Crippen LogP contribution in [0.15, 0.2) is 43.0 Å². The summed E-state index contributed by atoms with van der Waals surface area (Å²) in [5.74, 6) is -0.0370. The lowest BCUT2D eigenvalue weighted by atomic mass is 9.63. The predicted octanol–water partition coefficient (Wildman–Crippen LogP) is 3.76. The van der Waals surface area contributed by atoms with Gasteiger partial charge in [0.25, 0.3) is 0 Å². The number of nitrogens with one attached hydrogen (secondary N) is 1. The zero-order valence-corrected chi connectivity index (χ0v) is 21.4. The van der Waals surface area contributed by atoms with Gasteiger partial charge in [-0.2, -0.15) is 0 Å². The van der Waals surface area contributed by atoms with Crippen LogP contribution in [0.25, 0.3) is 0 Å². The first kappa shape index (κ1) is 25.8. The molecule has 0 spiro atoms. The Labute approximate surface area is 208 Å². The summed E-state index contributed by atoms with van der Waals surface area (Å²) in [5, 5.41) is 0. The third kappa shape index (κ3) is 6.50. The SMILES string of the molecule is CCS(=O)(=O)N[C@H](Cc1ccc(F)cc1)C(=O)N1CCC(Cn2ccnc2)(C2CCCCC2)CC1. The molecular weight excluding hydrogens is 467 g/mol. The molecule has 0 bridgehead atoms. The number of amides is 1. The number of halogens is 1. The number of carbonyl (C=O) groups excluding carboxylic acids is 1. The Morgan fingerprint density at radius 2 is 1.86 bits per heavy atom. The second-order valence-corrected chi connectivity index (χ2v) is 12.2. The smallest absolute Gasteiger partial charge is 0.241 e. The van der Waals surface area contributed by atoms with Crippen LogP contribution in [0.1, 0.15) is 57.4 Å². The van der Waals surface area contributed by atoms with Gasteiger partial charge in [-0.05, 0) is 68.1 Å². The summed E-state index contributed by atoms with van der Waals surface area (Å²) in [6.07, 6.45) is 14.0. The van der Waals surface area contributed by atoms with Crippen LogP contribution in [0.3, 0.4) is 0 Å². The Balaban J connectivity index is 1.49. The second-order valence-electron chi connectivity index (χ2n) is 10.2. The third-order valence-corrected chi connectivity index (χ3v) is 9.36. The van der Waals surface area contributed by atoms with Gasteiger partial charge < -0.3 is 9.47 Å². The molecule has 4 rings (SSSR count). The summed E-state index contributed by atoms with van der Waals surface area (Å²) in [6.45, 7) is 3.67. The average Bonchev–Trinajstić information content (AvgIpc) is 3.38. The first-order chi connectivity index (χ1) is 16.8. The fraction of sp³-hybridized carbons (Fsp3) is 0.615. The molecule has 1 aromatic carbocycles. The molecule has 2 aliphatic rings. The van der Waals surface area contributed by atoms with Gasteiger partial charge in [-0.3, -0.25) is 4.79 Å². The zero-order valence-electron chi connectivity index (χ0n) is 20.5. The van der Waals surface area contributed by atoms with Crippen molar-refractivity contribution in [3.05, 3.63) is 54.4 Å². The number of benzene rings is 1. The minimum absolute atomic E-state index is 0.101. The highest BCUT2D eigenvalue weighted by Crippen LogP contribution is 2.47. The first-order valence-electron chi connectivity index (χ1n) is 12.8. The lowest BCUT2D eigenvalue weighted by Crippen LogP contribution is -2.54. The number of rotatable bonds is 9. The lowest BCUT2D eigenvalue weighted by molar-refractivity contribution is -0.136. The second kappa shape index (κ2) is 11.2. The van der Waals surface area contributed by atoms with Gasteiger partial charge in [-0.25, -0.2) is 22.5 Å². The molecule has 7 nitrogen and oxygen atoms in total. The molecule has 1 aliphatic carbocycles. The Kier molecular flexibility index (Phi) is 8.27. The largest absolute Gasteiger partial charge is 0.341 e. The topological polar surface area (TPSA) is 84.3 Å². The number of likely N-dealkylation sites (tertiary alicyclic amines) is 1. The molecule has 1 aliphatic heterocycles. The van der Waals surface area contributed by atoms with Crippen LogP contribution < -0.4 is 4.72 Å². The van der Waals surface area contributed by atoms with E-state index in [1.54, 1.807) is 19.1 Å². The summed E-state index contributed by atoms with van der Waals surface area (Å²) in [5.41, 5.74) is 0.838. The molecule has 0 radical (unpaired) electrons. The summed E-state index contributed by atoms with van der Waals surface area (Å²) >= 11 is 0. The highest BCUT2D eigenvalue weighted by Gasteiger charge is 2.43. The van der Waals surface area contributed by atoms with E-state index < -0.39 is 16.1 Å². The van der Waals surface area contributed by atoms with Crippen molar-refractivity contribution in [3.8, 4) is 0 Å². The Hall–Kier alpha value is -2.26. The van der Waals surface area contributed by atoms with E-state index in [0.717, 1.165) is 24.9 Å². The predicted molar refractivity (Wildman–Crippen MR) is 134 cm³/mol. The number of hydrogen-bond donors (Lipinski definition) is 1. The van der Waals surface area contributed by atoms with Gasteiger partial charge in [0.05, 0.1) is 12.1 Å². The van der Waals surface area contributed by atoms with Crippen molar-refractivity contribution in [3.63, 3.8) is 0 Å². The van der Waals surface area contributed by atoms with Gasteiger partial charge in [0.1, 0.15) is 11.9 Å². The molecular formula is C26H37FN4O3S. The minimum Gasteiger partial charge on any atom is -0.341 e. The van der Waals surface area contributed by atoms with Crippen LogP contribution in [0.4, 0.5) is 4.39 Å². The number of carbonyl (C=O) groups is 1. The molecule has 35 heavy (non-hydrogen) atoms. The average molecular weight is 505 g/mol. The molecule has 2 aromatic rings.